The highest BCUT2D eigenvalue weighted by molar-refractivity contribution is 7.99. The summed E-state index contributed by atoms with van der Waals surface area (Å²) < 4.78 is 7.18. The molecule has 206 valence electrons. The van der Waals surface area contributed by atoms with Crippen molar-refractivity contribution >= 4 is 41.2 Å². The van der Waals surface area contributed by atoms with Gasteiger partial charge in [-0.25, -0.2) is 5.43 Å². The molecular formula is C28H27ClN6O4S. The van der Waals surface area contributed by atoms with Crippen LogP contribution in [-0.2, 0) is 10.2 Å². The number of non-ortho nitro benzene ring substituents is 1. The van der Waals surface area contributed by atoms with Crippen LogP contribution in [0.5, 0.6) is 5.75 Å². The van der Waals surface area contributed by atoms with Gasteiger partial charge in [-0.2, -0.15) is 5.10 Å². The Morgan fingerprint density at radius 1 is 1.12 bits per heavy atom. The third kappa shape index (κ3) is 6.85. The van der Waals surface area contributed by atoms with Gasteiger partial charge in [0, 0.05) is 34.0 Å². The molecule has 0 bridgehead atoms. The molecule has 1 N–H and O–H groups in total. The van der Waals surface area contributed by atoms with E-state index in [4.69, 9.17) is 16.3 Å². The molecule has 0 radical (unpaired) electrons. The van der Waals surface area contributed by atoms with Crippen molar-refractivity contribution in [1.82, 2.24) is 20.2 Å². The van der Waals surface area contributed by atoms with E-state index < -0.39 is 10.8 Å². The number of hydrogen-bond acceptors (Lipinski definition) is 8. The average molecular weight is 579 g/mol. The van der Waals surface area contributed by atoms with E-state index in [1.54, 1.807) is 7.11 Å². The Kier molecular flexibility index (Phi) is 8.86. The van der Waals surface area contributed by atoms with E-state index in [2.05, 4.69) is 53.6 Å². The second-order valence-electron chi connectivity index (χ2n) is 9.71. The standard InChI is InChI=1S/C28H27ClN6O4S/c1-28(2,3)20-7-5-18(6-8-20)26-32-33-27(34(26)21-9-12-23(39-4)13-10-21)40-17-25(36)31-30-16-19-15-22(35(37)38)11-14-24(19)29/h5-16H,17H2,1-4H3,(H,31,36)/b30-16+. The topological polar surface area (TPSA) is 125 Å². The van der Waals surface area contributed by atoms with E-state index in [1.807, 2.05) is 41.0 Å². The monoisotopic (exact) mass is 578 g/mol. The van der Waals surface area contributed by atoms with Crippen LogP contribution in [0.4, 0.5) is 5.69 Å². The van der Waals surface area contributed by atoms with E-state index in [1.165, 1.54) is 41.7 Å². The van der Waals surface area contributed by atoms with Crippen LogP contribution in [-0.4, -0.2) is 44.7 Å². The Hall–Kier alpha value is -4.22. The number of nitro benzene ring substituents is 1. The van der Waals surface area contributed by atoms with Gasteiger partial charge in [-0.05, 0) is 41.3 Å². The van der Waals surface area contributed by atoms with Crippen molar-refractivity contribution in [3.63, 3.8) is 0 Å². The predicted molar refractivity (Wildman–Crippen MR) is 157 cm³/mol. The molecular weight excluding hydrogens is 552 g/mol. The van der Waals surface area contributed by atoms with Gasteiger partial charge >= 0.3 is 0 Å². The van der Waals surface area contributed by atoms with Gasteiger partial charge in [0.15, 0.2) is 11.0 Å². The van der Waals surface area contributed by atoms with Crippen molar-refractivity contribution in [2.45, 2.75) is 31.3 Å². The van der Waals surface area contributed by atoms with Crippen LogP contribution in [0.1, 0.15) is 31.9 Å². The lowest BCUT2D eigenvalue weighted by atomic mass is 9.87. The number of ether oxygens (including phenoxy) is 1. The highest BCUT2D eigenvalue weighted by Gasteiger charge is 2.19. The Morgan fingerprint density at radius 2 is 1.82 bits per heavy atom. The summed E-state index contributed by atoms with van der Waals surface area (Å²) in [6.45, 7) is 6.47. The number of methoxy groups -OCH3 is 1. The van der Waals surface area contributed by atoms with E-state index in [0.29, 0.717) is 22.3 Å². The molecule has 0 spiro atoms. The van der Waals surface area contributed by atoms with Crippen LogP contribution in [0, 0.1) is 10.1 Å². The Balaban J connectivity index is 1.54. The number of carbonyl (C=O) groups is 1. The van der Waals surface area contributed by atoms with Crippen molar-refractivity contribution in [2.24, 2.45) is 5.10 Å². The molecule has 0 atom stereocenters. The smallest absolute Gasteiger partial charge is 0.270 e. The van der Waals surface area contributed by atoms with Crippen LogP contribution >= 0.6 is 23.4 Å². The molecule has 0 saturated heterocycles. The maximum atomic E-state index is 12.5. The highest BCUT2D eigenvalue weighted by atomic mass is 35.5. The quantitative estimate of drug-likeness (QED) is 0.111. The van der Waals surface area contributed by atoms with Gasteiger partial charge in [-0.15, -0.1) is 10.2 Å². The number of nitro groups is 1. The molecule has 10 nitrogen and oxygen atoms in total. The third-order valence-electron chi connectivity index (χ3n) is 5.89. The molecule has 12 heteroatoms. The van der Waals surface area contributed by atoms with Gasteiger partial charge in [-0.1, -0.05) is 68.4 Å². The molecule has 4 aromatic rings. The minimum atomic E-state index is -0.533. The van der Waals surface area contributed by atoms with Crippen molar-refractivity contribution in [3.8, 4) is 22.8 Å². The second-order valence-corrected chi connectivity index (χ2v) is 11.1. The van der Waals surface area contributed by atoms with Crippen molar-refractivity contribution in [1.29, 1.82) is 0 Å². The highest BCUT2D eigenvalue weighted by Crippen LogP contribution is 2.31. The number of thioether (sulfide) groups is 1. The van der Waals surface area contributed by atoms with E-state index in [-0.39, 0.29) is 21.9 Å². The minimum Gasteiger partial charge on any atom is -0.497 e. The molecule has 3 aromatic carbocycles. The maximum absolute atomic E-state index is 12.5. The van der Waals surface area contributed by atoms with Gasteiger partial charge in [0.2, 0.25) is 0 Å². The zero-order valence-corrected chi connectivity index (χ0v) is 23.9. The largest absolute Gasteiger partial charge is 0.497 e. The van der Waals surface area contributed by atoms with Crippen LogP contribution in [0.2, 0.25) is 5.02 Å². The summed E-state index contributed by atoms with van der Waals surface area (Å²) in [5.41, 5.74) is 5.50. The van der Waals surface area contributed by atoms with Crippen LogP contribution in [0.25, 0.3) is 17.1 Å². The second kappa shape index (κ2) is 12.3. The van der Waals surface area contributed by atoms with Crippen LogP contribution < -0.4 is 10.2 Å². The molecule has 1 aromatic heterocycles. The summed E-state index contributed by atoms with van der Waals surface area (Å²) >= 11 is 7.27. The van der Waals surface area contributed by atoms with Gasteiger partial charge < -0.3 is 4.74 Å². The molecule has 0 saturated carbocycles. The molecule has 1 amide bonds. The SMILES string of the molecule is COc1ccc(-n2c(SCC(=O)N/N=C/c3cc([N+](=O)[O-])ccc3Cl)nnc2-c2ccc(C(C)(C)C)cc2)cc1. The molecule has 0 unspecified atom stereocenters. The van der Waals surface area contributed by atoms with E-state index >= 15 is 0 Å². The Morgan fingerprint density at radius 3 is 2.45 bits per heavy atom. The molecule has 0 aliphatic carbocycles. The molecule has 0 aliphatic rings. The third-order valence-corrected chi connectivity index (χ3v) is 7.16. The first-order valence-electron chi connectivity index (χ1n) is 12.2. The summed E-state index contributed by atoms with van der Waals surface area (Å²) in [7, 11) is 1.60. The van der Waals surface area contributed by atoms with Gasteiger partial charge in [-0.3, -0.25) is 19.5 Å². The lowest BCUT2D eigenvalue weighted by molar-refractivity contribution is -0.384. The molecule has 0 fully saturated rings. The number of nitrogens with zero attached hydrogens (tertiary/aromatic N) is 5. The van der Waals surface area contributed by atoms with Crippen molar-refractivity contribution in [2.75, 3.05) is 12.9 Å². The van der Waals surface area contributed by atoms with E-state index in [0.717, 1.165) is 11.3 Å². The summed E-state index contributed by atoms with van der Waals surface area (Å²) in [6, 6.07) is 19.6. The van der Waals surface area contributed by atoms with Gasteiger partial charge in [0.25, 0.3) is 11.6 Å². The number of halogens is 1. The predicted octanol–water partition coefficient (Wildman–Crippen LogP) is 6.04. The summed E-state index contributed by atoms with van der Waals surface area (Å²) in [4.78, 5) is 23.0. The number of aromatic nitrogens is 3. The summed E-state index contributed by atoms with van der Waals surface area (Å²) in [5.74, 6) is 0.940. The number of benzene rings is 3. The Labute approximate surface area is 240 Å². The lowest BCUT2D eigenvalue weighted by Crippen LogP contribution is -2.20. The first-order chi connectivity index (χ1) is 19.1. The zero-order valence-electron chi connectivity index (χ0n) is 22.3. The Bertz CT molecular complexity index is 1550. The zero-order chi connectivity index (χ0) is 28.9. The number of nitrogens with one attached hydrogen (secondary N) is 1. The number of amides is 1. The van der Waals surface area contributed by atoms with Crippen molar-refractivity contribution < 1.29 is 14.5 Å². The molecule has 0 aliphatic heterocycles. The molecule has 4 rings (SSSR count). The summed E-state index contributed by atoms with van der Waals surface area (Å²) in [5, 5.41) is 24.5. The number of hydrazone groups is 1. The maximum Gasteiger partial charge on any atom is 0.270 e. The fraction of sp³-hybridized carbons (Fsp3) is 0.214. The van der Waals surface area contributed by atoms with Crippen LogP contribution in [0.15, 0.2) is 77.0 Å². The summed E-state index contributed by atoms with van der Waals surface area (Å²) in [6.07, 6.45) is 1.26. The van der Waals surface area contributed by atoms with Gasteiger partial charge in [0.05, 0.1) is 24.0 Å². The first-order valence-corrected chi connectivity index (χ1v) is 13.5. The fourth-order valence-corrected chi connectivity index (χ4v) is 4.62. The minimum absolute atomic E-state index is 0.00272. The molecule has 1 heterocycles. The molecule has 40 heavy (non-hydrogen) atoms. The number of hydrogen-bond donors (Lipinski definition) is 1. The number of rotatable bonds is 9. The normalized spacial score (nSPS) is 11.5. The van der Waals surface area contributed by atoms with Gasteiger partial charge in [0.1, 0.15) is 5.75 Å². The fourth-order valence-electron chi connectivity index (χ4n) is 3.71. The first kappa shape index (κ1) is 28.8. The lowest BCUT2D eigenvalue weighted by Gasteiger charge is -2.19. The van der Waals surface area contributed by atoms with E-state index in [9.17, 15) is 14.9 Å². The average Bonchev–Trinajstić information content (AvgIpc) is 3.36. The van der Waals surface area contributed by atoms with Crippen LogP contribution in [0.3, 0.4) is 0 Å². The van der Waals surface area contributed by atoms with Crippen molar-refractivity contribution in [3.05, 3.63) is 93.0 Å². The number of carbonyl (C=O) groups excluding carboxylic acids is 1.